The molecular weight excluding hydrogens is 256 g/mol. The minimum absolute atomic E-state index is 0.0362. The van der Waals surface area contributed by atoms with Crippen LogP contribution in [0.15, 0.2) is 30.5 Å². The number of aromatic nitrogens is 1. The molecule has 0 N–H and O–H groups in total. The van der Waals surface area contributed by atoms with Gasteiger partial charge in [-0.2, -0.15) is 8.78 Å². The molecule has 0 unspecified atom stereocenters. The van der Waals surface area contributed by atoms with E-state index in [-0.39, 0.29) is 16.9 Å². The predicted molar refractivity (Wildman–Crippen MR) is 62.5 cm³/mol. The monoisotopic (exact) mass is 261 g/mol. The van der Waals surface area contributed by atoms with Crippen LogP contribution in [0.4, 0.5) is 20.2 Å². The molecule has 0 radical (unpaired) electrons. The second kappa shape index (κ2) is 4.78. The highest BCUT2D eigenvalue weighted by atomic mass is 19.1. The average molecular weight is 261 g/mol. The molecule has 0 amide bonds. The molecule has 0 bridgehead atoms. The summed E-state index contributed by atoms with van der Waals surface area (Å²) in [4.78, 5) is 16.4. The molecule has 0 fully saturated rings. The van der Waals surface area contributed by atoms with Crippen LogP contribution in [0.3, 0.4) is 0 Å². The summed E-state index contributed by atoms with van der Waals surface area (Å²) in [7, 11) is 0. The van der Waals surface area contributed by atoms with E-state index in [9.17, 15) is 18.9 Å². The summed E-state index contributed by atoms with van der Waals surface area (Å²) >= 11 is 0. The van der Waals surface area contributed by atoms with Gasteiger partial charge in [-0.15, -0.1) is 0 Å². The van der Waals surface area contributed by atoms with Crippen molar-refractivity contribution < 1.29 is 13.7 Å². The lowest BCUT2D eigenvalue weighted by Gasteiger charge is -2.04. The average Bonchev–Trinajstić information content (AvgIpc) is 2.38. The highest BCUT2D eigenvalue weighted by Gasteiger charge is 2.25. The minimum atomic E-state index is -1.31. The van der Waals surface area contributed by atoms with Gasteiger partial charge in [0.1, 0.15) is 0 Å². The fourth-order valence-electron chi connectivity index (χ4n) is 1.54. The lowest BCUT2D eigenvalue weighted by atomic mass is 10.1. The summed E-state index contributed by atoms with van der Waals surface area (Å²) in [6, 6.07) is 4.52. The zero-order valence-electron chi connectivity index (χ0n) is 9.30. The molecule has 7 heteroatoms. The Hall–Kier alpha value is -2.88. The van der Waals surface area contributed by atoms with Gasteiger partial charge in [0.15, 0.2) is 5.69 Å². The molecule has 0 aliphatic rings. The van der Waals surface area contributed by atoms with Crippen LogP contribution in [0.2, 0.25) is 0 Å². The van der Waals surface area contributed by atoms with E-state index in [1.807, 2.05) is 0 Å². The van der Waals surface area contributed by atoms with Crippen LogP contribution in [-0.4, -0.2) is 9.91 Å². The first-order chi connectivity index (χ1) is 9.04. The largest absolute Gasteiger partial charge is 0.340 e. The first-order valence-electron chi connectivity index (χ1n) is 5.01. The maximum absolute atomic E-state index is 13.9. The van der Waals surface area contributed by atoms with Crippen molar-refractivity contribution in [1.82, 2.24) is 4.98 Å². The maximum Gasteiger partial charge on any atom is 0.340 e. The Labute approximate surface area is 106 Å². The molecule has 0 saturated carbocycles. The molecule has 0 spiro atoms. The molecule has 2 rings (SSSR count). The number of pyridine rings is 1. The quantitative estimate of drug-likeness (QED) is 0.472. The first kappa shape index (κ1) is 12.6. The van der Waals surface area contributed by atoms with Crippen molar-refractivity contribution in [3.8, 4) is 11.3 Å². The van der Waals surface area contributed by atoms with Crippen LogP contribution in [0.5, 0.6) is 0 Å². The predicted octanol–water partition coefficient (Wildman–Crippen LogP) is 3.49. The Morgan fingerprint density at radius 2 is 2.05 bits per heavy atom. The van der Waals surface area contributed by atoms with Crippen molar-refractivity contribution in [3.05, 3.63) is 63.6 Å². The van der Waals surface area contributed by atoms with Gasteiger partial charge in [0, 0.05) is 11.8 Å². The van der Waals surface area contributed by atoms with Gasteiger partial charge in [0.2, 0.25) is 11.6 Å². The van der Waals surface area contributed by atoms with Gasteiger partial charge in [-0.25, -0.2) is 4.85 Å². The van der Waals surface area contributed by atoms with Gasteiger partial charge >= 0.3 is 5.69 Å². The van der Waals surface area contributed by atoms with E-state index in [1.165, 1.54) is 18.3 Å². The van der Waals surface area contributed by atoms with E-state index in [0.717, 1.165) is 12.1 Å². The molecular formula is C12H5F2N3O2. The van der Waals surface area contributed by atoms with Crippen molar-refractivity contribution >= 4 is 11.4 Å². The summed E-state index contributed by atoms with van der Waals surface area (Å²) in [6.07, 6.45) is 1.28. The lowest BCUT2D eigenvalue weighted by Crippen LogP contribution is -1.99. The zero-order valence-corrected chi connectivity index (χ0v) is 9.30. The SMILES string of the molecule is [C-]#[N+]c1ccnc(-c2ccc(F)c([N+](=O)[O-])c2F)c1. The second-order valence-electron chi connectivity index (χ2n) is 3.53. The van der Waals surface area contributed by atoms with Crippen molar-refractivity contribution in [2.75, 3.05) is 0 Å². The van der Waals surface area contributed by atoms with E-state index in [2.05, 4.69) is 9.83 Å². The Morgan fingerprint density at radius 3 is 2.68 bits per heavy atom. The second-order valence-corrected chi connectivity index (χ2v) is 3.53. The van der Waals surface area contributed by atoms with Gasteiger partial charge in [-0.3, -0.25) is 15.1 Å². The third-order valence-electron chi connectivity index (χ3n) is 2.40. The zero-order chi connectivity index (χ0) is 14.0. The Morgan fingerprint density at radius 1 is 1.32 bits per heavy atom. The number of hydrogen-bond donors (Lipinski definition) is 0. The van der Waals surface area contributed by atoms with Gasteiger partial charge in [-0.1, -0.05) is 0 Å². The summed E-state index contributed by atoms with van der Waals surface area (Å²) in [6.45, 7) is 6.84. The fourth-order valence-corrected chi connectivity index (χ4v) is 1.54. The molecule has 0 aliphatic carbocycles. The van der Waals surface area contributed by atoms with Crippen LogP contribution < -0.4 is 0 Å². The van der Waals surface area contributed by atoms with Crippen LogP contribution in [0.25, 0.3) is 16.1 Å². The van der Waals surface area contributed by atoms with Crippen molar-refractivity contribution in [3.63, 3.8) is 0 Å². The summed E-state index contributed by atoms with van der Waals surface area (Å²) in [5, 5.41) is 10.6. The van der Waals surface area contributed by atoms with Crippen molar-refractivity contribution in [2.24, 2.45) is 0 Å². The third kappa shape index (κ3) is 2.24. The van der Waals surface area contributed by atoms with Crippen molar-refractivity contribution in [2.45, 2.75) is 0 Å². The van der Waals surface area contributed by atoms with Gasteiger partial charge in [0.05, 0.1) is 17.2 Å². The molecule has 1 aromatic heterocycles. The lowest BCUT2D eigenvalue weighted by molar-refractivity contribution is -0.390. The summed E-state index contributed by atoms with van der Waals surface area (Å²) in [5.74, 6) is -2.56. The number of nitro benzene ring substituents is 1. The number of hydrogen-bond acceptors (Lipinski definition) is 3. The highest BCUT2D eigenvalue weighted by molar-refractivity contribution is 5.67. The van der Waals surface area contributed by atoms with Crippen LogP contribution in [-0.2, 0) is 0 Å². The van der Waals surface area contributed by atoms with E-state index in [1.54, 1.807) is 0 Å². The molecule has 5 nitrogen and oxygen atoms in total. The van der Waals surface area contributed by atoms with E-state index in [0.29, 0.717) is 0 Å². The maximum atomic E-state index is 13.9. The van der Waals surface area contributed by atoms with E-state index in [4.69, 9.17) is 6.57 Å². The topological polar surface area (TPSA) is 60.4 Å². The summed E-state index contributed by atoms with van der Waals surface area (Å²) in [5.41, 5.74) is -1.21. The standard InChI is InChI=1S/C12H5F2N3O2/c1-15-7-4-5-16-10(6-7)8-2-3-9(13)12(11(8)14)17(18)19/h2-6H. The Balaban J connectivity index is 2.67. The van der Waals surface area contributed by atoms with Crippen LogP contribution >= 0.6 is 0 Å². The molecule has 2 aromatic rings. The molecule has 94 valence electrons. The Kier molecular flexibility index (Phi) is 3.16. The number of nitrogens with zero attached hydrogens (tertiary/aromatic N) is 3. The molecule has 0 aliphatic heterocycles. The van der Waals surface area contributed by atoms with Gasteiger partial charge in [0.25, 0.3) is 0 Å². The third-order valence-corrected chi connectivity index (χ3v) is 2.40. The smallest absolute Gasteiger partial charge is 0.259 e. The molecule has 0 saturated heterocycles. The fraction of sp³-hybridized carbons (Fsp3) is 0. The summed E-state index contributed by atoms with van der Waals surface area (Å²) < 4.78 is 27.1. The van der Waals surface area contributed by atoms with Gasteiger partial charge in [-0.05, 0) is 24.3 Å². The molecule has 19 heavy (non-hydrogen) atoms. The van der Waals surface area contributed by atoms with Crippen LogP contribution in [0.1, 0.15) is 0 Å². The van der Waals surface area contributed by atoms with E-state index >= 15 is 0 Å². The Bertz CT molecular complexity index is 711. The number of halogens is 2. The molecule has 1 aromatic carbocycles. The number of benzene rings is 1. The number of rotatable bonds is 2. The highest BCUT2D eigenvalue weighted by Crippen LogP contribution is 2.31. The van der Waals surface area contributed by atoms with E-state index < -0.39 is 22.2 Å². The molecule has 1 heterocycles. The molecule has 0 atom stereocenters. The van der Waals surface area contributed by atoms with Crippen LogP contribution in [0, 0.1) is 28.3 Å². The first-order valence-corrected chi connectivity index (χ1v) is 5.01. The minimum Gasteiger partial charge on any atom is -0.259 e. The number of nitro groups is 1. The normalized spacial score (nSPS) is 9.95. The van der Waals surface area contributed by atoms with Crippen molar-refractivity contribution in [1.29, 1.82) is 0 Å². The van der Waals surface area contributed by atoms with Gasteiger partial charge < -0.3 is 0 Å².